The van der Waals surface area contributed by atoms with Gasteiger partial charge in [-0.25, -0.2) is 4.98 Å². The van der Waals surface area contributed by atoms with Crippen LogP contribution in [0.25, 0.3) is 11.1 Å². The molecular weight excluding hydrogens is 212 g/mol. The zero-order valence-corrected chi connectivity index (χ0v) is 9.55. The van der Waals surface area contributed by atoms with E-state index in [2.05, 4.69) is 11.1 Å². The van der Waals surface area contributed by atoms with E-state index < -0.39 is 0 Å². The van der Waals surface area contributed by atoms with Gasteiger partial charge in [0.05, 0.1) is 6.61 Å². The van der Waals surface area contributed by atoms with Crippen LogP contribution in [0.5, 0.6) is 5.75 Å². The molecule has 2 rings (SSSR count). The summed E-state index contributed by atoms with van der Waals surface area (Å²) < 4.78 is 5.37. The highest BCUT2D eigenvalue weighted by atomic mass is 16.5. The summed E-state index contributed by atoms with van der Waals surface area (Å²) in [5.74, 6) is 0.832. The average molecular weight is 224 g/mol. The van der Waals surface area contributed by atoms with Crippen LogP contribution in [0.1, 0.15) is 12.6 Å². The fraction of sp³-hybridized carbons (Fsp3) is 0.143. The van der Waals surface area contributed by atoms with Crippen LogP contribution >= 0.6 is 0 Å². The molecule has 0 saturated carbocycles. The van der Waals surface area contributed by atoms with E-state index in [1.54, 1.807) is 6.20 Å². The number of nitrogens with zero attached hydrogens (tertiary/aromatic N) is 2. The second kappa shape index (κ2) is 5.13. The van der Waals surface area contributed by atoms with Gasteiger partial charge in [-0.1, -0.05) is 12.1 Å². The van der Waals surface area contributed by atoms with Gasteiger partial charge in [-0.3, -0.25) is 0 Å². The molecule has 84 valence electrons. The SMILES string of the molecule is CCOc1ccc(-c2cccnc2C#N)cc1. The third kappa shape index (κ3) is 2.43. The van der Waals surface area contributed by atoms with Crippen molar-refractivity contribution in [3.63, 3.8) is 0 Å². The van der Waals surface area contributed by atoms with Gasteiger partial charge < -0.3 is 4.74 Å². The van der Waals surface area contributed by atoms with Gasteiger partial charge in [0.1, 0.15) is 17.5 Å². The highest BCUT2D eigenvalue weighted by Gasteiger charge is 2.04. The van der Waals surface area contributed by atoms with Gasteiger partial charge in [0.25, 0.3) is 0 Å². The number of benzene rings is 1. The van der Waals surface area contributed by atoms with Crippen molar-refractivity contribution in [2.75, 3.05) is 6.61 Å². The maximum atomic E-state index is 8.98. The number of ether oxygens (including phenoxy) is 1. The fourth-order valence-electron chi connectivity index (χ4n) is 1.62. The second-order valence-electron chi connectivity index (χ2n) is 3.47. The van der Waals surface area contributed by atoms with Crippen molar-refractivity contribution >= 4 is 0 Å². The van der Waals surface area contributed by atoms with Gasteiger partial charge in [0.2, 0.25) is 0 Å². The van der Waals surface area contributed by atoms with E-state index in [4.69, 9.17) is 10.00 Å². The molecule has 0 aliphatic rings. The van der Waals surface area contributed by atoms with Gasteiger partial charge in [-0.05, 0) is 36.8 Å². The molecule has 0 atom stereocenters. The van der Waals surface area contributed by atoms with Crippen molar-refractivity contribution in [1.29, 1.82) is 5.26 Å². The molecule has 0 spiro atoms. The fourth-order valence-corrected chi connectivity index (χ4v) is 1.62. The van der Waals surface area contributed by atoms with E-state index in [9.17, 15) is 0 Å². The average Bonchev–Trinajstić information content (AvgIpc) is 2.40. The molecule has 0 fully saturated rings. The molecule has 3 nitrogen and oxygen atoms in total. The lowest BCUT2D eigenvalue weighted by molar-refractivity contribution is 0.340. The topological polar surface area (TPSA) is 45.9 Å². The van der Waals surface area contributed by atoms with Crippen LogP contribution in [-0.2, 0) is 0 Å². The third-order valence-electron chi connectivity index (χ3n) is 2.39. The first kappa shape index (κ1) is 11.2. The van der Waals surface area contributed by atoms with Crippen molar-refractivity contribution < 1.29 is 4.74 Å². The number of hydrogen-bond acceptors (Lipinski definition) is 3. The molecule has 2 aromatic rings. The van der Waals surface area contributed by atoms with Crippen LogP contribution in [0.15, 0.2) is 42.6 Å². The summed E-state index contributed by atoms with van der Waals surface area (Å²) in [6, 6.07) is 13.5. The zero-order chi connectivity index (χ0) is 12.1. The van der Waals surface area contributed by atoms with Crippen LogP contribution in [0.3, 0.4) is 0 Å². The Hall–Kier alpha value is -2.34. The molecule has 1 heterocycles. The molecule has 0 saturated heterocycles. The number of nitriles is 1. The summed E-state index contributed by atoms with van der Waals surface area (Å²) in [7, 11) is 0. The largest absolute Gasteiger partial charge is 0.494 e. The number of rotatable bonds is 3. The van der Waals surface area contributed by atoms with E-state index in [0.29, 0.717) is 12.3 Å². The molecule has 0 unspecified atom stereocenters. The smallest absolute Gasteiger partial charge is 0.148 e. The highest BCUT2D eigenvalue weighted by Crippen LogP contribution is 2.24. The molecule has 0 bridgehead atoms. The van der Waals surface area contributed by atoms with Gasteiger partial charge in [0.15, 0.2) is 0 Å². The van der Waals surface area contributed by atoms with Crippen molar-refractivity contribution in [2.24, 2.45) is 0 Å². The lowest BCUT2D eigenvalue weighted by Gasteiger charge is -2.05. The van der Waals surface area contributed by atoms with E-state index in [0.717, 1.165) is 16.9 Å². The van der Waals surface area contributed by atoms with Crippen LogP contribution in [0, 0.1) is 11.3 Å². The molecule has 0 aliphatic heterocycles. The Morgan fingerprint density at radius 2 is 2.00 bits per heavy atom. The zero-order valence-electron chi connectivity index (χ0n) is 9.55. The predicted octanol–water partition coefficient (Wildman–Crippen LogP) is 3.02. The first-order valence-corrected chi connectivity index (χ1v) is 5.43. The number of aromatic nitrogens is 1. The summed E-state index contributed by atoms with van der Waals surface area (Å²) in [6.07, 6.45) is 1.62. The van der Waals surface area contributed by atoms with Crippen molar-refractivity contribution in [2.45, 2.75) is 6.92 Å². The first-order valence-electron chi connectivity index (χ1n) is 5.43. The van der Waals surface area contributed by atoms with Crippen LogP contribution in [-0.4, -0.2) is 11.6 Å². The standard InChI is InChI=1S/C14H12N2O/c1-2-17-12-7-5-11(6-8-12)13-4-3-9-16-14(13)10-15/h3-9H,2H2,1H3. The first-order chi connectivity index (χ1) is 8.35. The van der Waals surface area contributed by atoms with E-state index in [-0.39, 0.29) is 0 Å². The molecule has 1 aromatic heterocycles. The van der Waals surface area contributed by atoms with E-state index in [1.165, 1.54) is 0 Å². The quantitative estimate of drug-likeness (QED) is 0.805. The summed E-state index contributed by atoms with van der Waals surface area (Å²) in [5.41, 5.74) is 2.26. The van der Waals surface area contributed by atoms with Crippen molar-refractivity contribution in [1.82, 2.24) is 4.98 Å². The Morgan fingerprint density at radius 1 is 1.24 bits per heavy atom. The Morgan fingerprint density at radius 3 is 2.65 bits per heavy atom. The van der Waals surface area contributed by atoms with Crippen LogP contribution < -0.4 is 4.74 Å². The second-order valence-corrected chi connectivity index (χ2v) is 3.47. The Kier molecular flexibility index (Phi) is 3.37. The Balaban J connectivity index is 2.37. The molecular formula is C14H12N2O. The molecule has 0 N–H and O–H groups in total. The van der Waals surface area contributed by atoms with Gasteiger partial charge in [-0.15, -0.1) is 0 Å². The minimum absolute atomic E-state index is 0.441. The maximum absolute atomic E-state index is 8.98. The number of pyridine rings is 1. The minimum atomic E-state index is 0.441. The lowest BCUT2D eigenvalue weighted by Crippen LogP contribution is -1.91. The summed E-state index contributed by atoms with van der Waals surface area (Å²) in [4.78, 5) is 4.04. The normalized spacial score (nSPS) is 9.65. The molecule has 3 heteroatoms. The number of hydrogen-bond donors (Lipinski definition) is 0. The summed E-state index contributed by atoms with van der Waals surface area (Å²) in [5, 5.41) is 8.98. The maximum Gasteiger partial charge on any atom is 0.148 e. The third-order valence-corrected chi connectivity index (χ3v) is 2.39. The lowest BCUT2D eigenvalue weighted by atomic mass is 10.0. The Bertz CT molecular complexity index is 541. The monoisotopic (exact) mass is 224 g/mol. The van der Waals surface area contributed by atoms with Gasteiger partial charge in [0, 0.05) is 11.8 Å². The summed E-state index contributed by atoms with van der Waals surface area (Å²) >= 11 is 0. The Labute approximate surface area is 100 Å². The van der Waals surface area contributed by atoms with Crippen LogP contribution in [0.2, 0.25) is 0 Å². The minimum Gasteiger partial charge on any atom is -0.494 e. The molecule has 0 amide bonds. The van der Waals surface area contributed by atoms with Gasteiger partial charge >= 0.3 is 0 Å². The van der Waals surface area contributed by atoms with E-state index >= 15 is 0 Å². The van der Waals surface area contributed by atoms with Gasteiger partial charge in [-0.2, -0.15) is 5.26 Å². The predicted molar refractivity (Wildman–Crippen MR) is 65.6 cm³/mol. The van der Waals surface area contributed by atoms with Crippen LogP contribution in [0.4, 0.5) is 0 Å². The molecule has 0 aliphatic carbocycles. The van der Waals surface area contributed by atoms with Crippen molar-refractivity contribution in [3.8, 4) is 22.9 Å². The highest BCUT2D eigenvalue weighted by molar-refractivity contribution is 5.68. The van der Waals surface area contributed by atoms with Crippen molar-refractivity contribution in [3.05, 3.63) is 48.3 Å². The molecule has 17 heavy (non-hydrogen) atoms. The molecule has 1 aromatic carbocycles. The molecule has 0 radical (unpaired) electrons. The van der Waals surface area contributed by atoms with E-state index in [1.807, 2.05) is 43.3 Å². The summed E-state index contributed by atoms with van der Waals surface area (Å²) in [6.45, 7) is 2.60.